The number of benzene rings is 1. The standard InChI is InChI=1S/C14H16N2/c1-2-13-9-6-10-15-14(13)16-11-12-7-4-3-5-8-12/h3-10H,2,11H2,1H3,(H,15,16). The molecule has 1 N–H and O–H groups in total. The van der Waals surface area contributed by atoms with Gasteiger partial charge in [0.25, 0.3) is 0 Å². The van der Waals surface area contributed by atoms with Crippen LogP contribution >= 0.6 is 0 Å². The summed E-state index contributed by atoms with van der Waals surface area (Å²) in [6, 6.07) is 14.4. The summed E-state index contributed by atoms with van der Waals surface area (Å²) in [6.45, 7) is 2.97. The Morgan fingerprint density at radius 2 is 1.88 bits per heavy atom. The highest BCUT2D eigenvalue weighted by Crippen LogP contribution is 2.13. The summed E-state index contributed by atoms with van der Waals surface area (Å²) in [7, 11) is 0. The average Bonchev–Trinajstić information content (AvgIpc) is 2.38. The monoisotopic (exact) mass is 212 g/mol. The molecule has 2 aromatic rings. The molecule has 0 spiro atoms. The second kappa shape index (κ2) is 5.31. The minimum atomic E-state index is 0.824. The molecule has 0 aliphatic carbocycles. The van der Waals surface area contributed by atoms with Crippen molar-refractivity contribution in [1.82, 2.24) is 4.98 Å². The minimum absolute atomic E-state index is 0.824. The maximum Gasteiger partial charge on any atom is 0.129 e. The molecule has 0 aliphatic heterocycles. The Balaban J connectivity index is 2.05. The van der Waals surface area contributed by atoms with E-state index >= 15 is 0 Å². The highest BCUT2D eigenvalue weighted by molar-refractivity contribution is 5.44. The van der Waals surface area contributed by atoms with Crippen LogP contribution in [0.15, 0.2) is 48.7 Å². The van der Waals surface area contributed by atoms with E-state index in [0.29, 0.717) is 0 Å². The van der Waals surface area contributed by atoms with E-state index in [1.54, 1.807) is 0 Å². The van der Waals surface area contributed by atoms with Gasteiger partial charge in [-0.3, -0.25) is 0 Å². The second-order valence-electron chi connectivity index (χ2n) is 3.70. The number of pyridine rings is 1. The van der Waals surface area contributed by atoms with Gasteiger partial charge in [0.1, 0.15) is 5.82 Å². The van der Waals surface area contributed by atoms with Crippen molar-refractivity contribution in [1.29, 1.82) is 0 Å². The van der Waals surface area contributed by atoms with E-state index in [0.717, 1.165) is 18.8 Å². The summed E-state index contributed by atoms with van der Waals surface area (Å²) >= 11 is 0. The molecular formula is C14H16N2. The molecule has 2 nitrogen and oxygen atoms in total. The number of aryl methyl sites for hydroxylation is 1. The van der Waals surface area contributed by atoms with Crippen LogP contribution < -0.4 is 5.32 Å². The summed E-state index contributed by atoms with van der Waals surface area (Å²) in [5.74, 6) is 0.994. The van der Waals surface area contributed by atoms with Gasteiger partial charge in [-0.2, -0.15) is 0 Å². The summed E-state index contributed by atoms with van der Waals surface area (Å²) < 4.78 is 0. The fourth-order valence-corrected chi connectivity index (χ4v) is 1.66. The Morgan fingerprint density at radius 3 is 2.62 bits per heavy atom. The fraction of sp³-hybridized carbons (Fsp3) is 0.214. The van der Waals surface area contributed by atoms with E-state index < -0.39 is 0 Å². The molecule has 1 heterocycles. The van der Waals surface area contributed by atoms with Gasteiger partial charge in [-0.15, -0.1) is 0 Å². The van der Waals surface area contributed by atoms with Gasteiger partial charge < -0.3 is 5.32 Å². The maximum absolute atomic E-state index is 4.35. The number of anilines is 1. The molecule has 2 rings (SSSR count). The van der Waals surface area contributed by atoms with E-state index in [1.165, 1.54) is 11.1 Å². The normalized spacial score (nSPS) is 10.1. The van der Waals surface area contributed by atoms with E-state index in [-0.39, 0.29) is 0 Å². The Morgan fingerprint density at radius 1 is 1.06 bits per heavy atom. The number of hydrogen-bond acceptors (Lipinski definition) is 2. The zero-order valence-corrected chi connectivity index (χ0v) is 9.48. The van der Waals surface area contributed by atoms with Crippen LogP contribution in [-0.4, -0.2) is 4.98 Å². The van der Waals surface area contributed by atoms with Crippen molar-refractivity contribution in [2.75, 3.05) is 5.32 Å². The van der Waals surface area contributed by atoms with Gasteiger partial charge in [-0.25, -0.2) is 4.98 Å². The van der Waals surface area contributed by atoms with Crippen LogP contribution in [0.5, 0.6) is 0 Å². The van der Waals surface area contributed by atoms with Crippen LogP contribution in [-0.2, 0) is 13.0 Å². The van der Waals surface area contributed by atoms with Gasteiger partial charge in [-0.1, -0.05) is 43.3 Å². The van der Waals surface area contributed by atoms with Gasteiger partial charge in [0, 0.05) is 12.7 Å². The number of aromatic nitrogens is 1. The molecule has 1 aromatic carbocycles. The third-order valence-electron chi connectivity index (χ3n) is 2.57. The molecule has 0 amide bonds. The quantitative estimate of drug-likeness (QED) is 0.841. The third-order valence-corrected chi connectivity index (χ3v) is 2.57. The maximum atomic E-state index is 4.35. The largest absolute Gasteiger partial charge is 0.366 e. The van der Waals surface area contributed by atoms with E-state index in [2.05, 4.69) is 47.6 Å². The lowest BCUT2D eigenvalue weighted by Crippen LogP contribution is -2.03. The Kier molecular flexibility index (Phi) is 3.54. The predicted molar refractivity (Wildman–Crippen MR) is 67.4 cm³/mol. The predicted octanol–water partition coefficient (Wildman–Crippen LogP) is 3.26. The first-order valence-electron chi connectivity index (χ1n) is 5.62. The molecule has 0 unspecified atom stereocenters. The molecule has 16 heavy (non-hydrogen) atoms. The molecule has 1 aromatic heterocycles. The summed E-state index contributed by atoms with van der Waals surface area (Å²) in [4.78, 5) is 4.35. The van der Waals surface area contributed by atoms with Crippen LogP contribution in [0, 0.1) is 0 Å². The van der Waals surface area contributed by atoms with Crippen LogP contribution in [0.2, 0.25) is 0 Å². The van der Waals surface area contributed by atoms with Gasteiger partial charge in [-0.05, 0) is 23.6 Å². The topological polar surface area (TPSA) is 24.9 Å². The van der Waals surface area contributed by atoms with E-state index in [9.17, 15) is 0 Å². The number of rotatable bonds is 4. The number of nitrogens with zero attached hydrogens (tertiary/aromatic N) is 1. The smallest absolute Gasteiger partial charge is 0.129 e. The van der Waals surface area contributed by atoms with Crippen LogP contribution in [0.1, 0.15) is 18.1 Å². The van der Waals surface area contributed by atoms with Crippen molar-refractivity contribution in [3.63, 3.8) is 0 Å². The summed E-state index contributed by atoms with van der Waals surface area (Å²) in [5.41, 5.74) is 2.54. The first-order chi connectivity index (χ1) is 7.90. The van der Waals surface area contributed by atoms with Crippen molar-refractivity contribution in [2.24, 2.45) is 0 Å². The Hall–Kier alpha value is -1.83. The van der Waals surface area contributed by atoms with Crippen LogP contribution in [0.25, 0.3) is 0 Å². The number of hydrogen-bond donors (Lipinski definition) is 1. The van der Waals surface area contributed by atoms with Crippen molar-refractivity contribution in [3.05, 3.63) is 59.8 Å². The molecule has 0 saturated carbocycles. The molecule has 2 heteroatoms. The molecule has 0 saturated heterocycles. The lowest BCUT2D eigenvalue weighted by molar-refractivity contribution is 1.05. The molecule has 0 radical (unpaired) electrons. The van der Waals surface area contributed by atoms with Gasteiger partial charge in [0.05, 0.1) is 0 Å². The minimum Gasteiger partial charge on any atom is -0.366 e. The van der Waals surface area contributed by atoms with Gasteiger partial charge >= 0.3 is 0 Å². The number of nitrogens with one attached hydrogen (secondary N) is 1. The SMILES string of the molecule is CCc1cccnc1NCc1ccccc1. The summed E-state index contributed by atoms with van der Waals surface area (Å²) in [6.07, 6.45) is 2.83. The van der Waals surface area contributed by atoms with Crippen LogP contribution in [0.3, 0.4) is 0 Å². The zero-order chi connectivity index (χ0) is 11.2. The highest BCUT2D eigenvalue weighted by atomic mass is 15.0. The van der Waals surface area contributed by atoms with Crippen molar-refractivity contribution >= 4 is 5.82 Å². The molecular weight excluding hydrogens is 196 g/mol. The van der Waals surface area contributed by atoms with Crippen molar-refractivity contribution in [2.45, 2.75) is 19.9 Å². The van der Waals surface area contributed by atoms with Crippen LogP contribution in [0.4, 0.5) is 5.82 Å². The Labute approximate surface area is 96.4 Å². The molecule has 0 fully saturated rings. The van der Waals surface area contributed by atoms with Crippen molar-refractivity contribution < 1.29 is 0 Å². The molecule has 82 valence electrons. The summed E-state index contributed by atoms with van der Waals surface area (Å²) in [5, 5.41) is 3.37. The first-order valence-corrected chi connectivity index (χ1v) is 5.62. The highest BCUT2D eigenvalue weighted by Gasteiger charge is 1.99. The molecule has 0 bridgehead atoms. The molecule has 0 atom stereocenters. The first kappa shape index (κ1) is 10.7. The second-order valence-corrected chi connectivity index (χ2v) is 3.70. The van der Waals surface area contributed by atoms with Gasteiger partial charge in [0.15, 0.2) is 0 Å². The zero-order valence-electron chi connectivity index (χ0n) is 9.48. The molecule has 0 aliphatic rings. The fourth-order valence-electron chi connectivity index (χ4n) is 1.66. The lowest BCUT2D eigenvalue weighted by atomic mass is 10.2. The Bertz CT molecular complexity index is 437. The van der Waals surface area contributed by atoms with Crippen molar-refractivity contribution in [3.8, 4) is 0 Å². The average molecular weight is 212 g/mol. The third kappa shape index (κ3) is 2.60. The van der Waals surface area contributed by atoms with Gasteiger partial charge in [0.2, 0.25) is 0 Å². The van der Waals surface area contributed by atoms with E-state index in [4.69, 9.17) is 0 Å². The lowest BCUT2D eigenvalue weighted by Gasteiger charge is -2.09. The van der Waals surface area contributed by atoms with E-state index in [1.807, 2.05) is 18.3 Å².